The average molecular weight is 563 g/mol. The lowest BCUT2D eigenvalue weighted by molar-refractivity contribution is 0.239. The summed E-state index contributed by atoms with van der Waals surface area (Å²) in [5.74, 6) is 2.53. The summed E-state index contributed by atoms with van der Waals surface area (Å²) in [6, 6.07) is 8.91. The van der Waals surface area contributed by atoms with Crippen LogP contribution in [0.5, 0.6) is 5.75 Å². The smallest absolute Gasteiger partial charge is 0.191 e. The highest BCUT2D eigenvalue weighted by atomic mass is 127. The predicted molar refractivity (Wildman–Crippen MR) is 141 cm³/mol. The lowest BCUT2D eigenvalue weighted by Crippen LogP contribution is -2.48. The molecule has 1 aromatic rings. The summed E-state index contributed by atoms with van der Waals surface area (Å²) in [5.41, 5.74) is 1.22. The fourth-order valence-corrected chi connectivity index (χ4v) is 6.11. The van der Waals surface area contributed by atoms with E-state index in [1.807, 2.05) is 26.1 Å². The van der Waals surface area contributed by atoms with Crippen LogP contribution in [0.3, 0.4) is 0 Å². The molecule has 4 unspecified atom stereocenters. The van der Waals surface area contributed by atoms with Gasteiger partial charge in [-0.15, -0.1) is 24.0 Å². The maximum absolute atomic E-state index is 12.3. The fourth-order valence-electron chi connectivity index (χ4n) is 4.76. The lowest BCUT2D eigenvalue weighted by atomic mass is 9.95. The van der Waals surface area contributed by atoms with Gasteiger partial charge in [0, 0.05) is 47.0 Å². The Morgan fingerprint density at radius 3 is 2.68 bits per heavy atom. The molecule has 2 aliphatic rings. The number of ether oxygens (including phenoxy) is 1. The van der Waals surface area contributed by atoms with Crippen LogP contribution < -0.4 is 15.4 Å². The van der Waals surface area contributed by atoms with Crippen LogP contribution in [0, 0.1) is 0 Å². The first-order chi connectivity index (χ1) is 14.7. The Balaban J connectivity index is 0.00000341. The van der Waals surface area contributed by atoms with Crippen LogP contribution >= 0.6 is 24.0 Å². The van der Waals surface area contributed by atoms with Gasteiger partial charge in [-0.05, 0) is 51.3 Å². The Kier molecular flexibility index (Phi) is 11.6. The molecule has 1 aromatic carbocycles. The third-order valence-electron chi connectivity index (χ3n) is 6.39. The average Bonchev–Trinajstić information content (AvgIpc) is 3.33. The Labute approximate surface area is 207 Å². The summed E-state index contributed by atoms with van der Waals surface area (Å²) in [6.07, 6.45) is 6.77. The van der Waals surface area contributed by atoms with E-state index in [0.29, 0.717) is 11.3 Å². The maximum Gasteiger partial charge on any atom is 0.191 e. The van der Waals surface area contributed by atoms with Crippen molar-refractivity contribution in [3.05, 3.63) is 29.8 Å². The molecule has 1 heterocycles. The molecule has 6 nitrogen and oxygen atoms in total. The fraction of sp³-hybridized carbons (Fsp3) is 0.696. The molecule has 31 heavy (non-hydrogen) atoms. The van der Waals surface area contributed by atoms with E-state index in [0.717, 1.165) is 62.8 Å². The predicted octanol–water partition coefficient (Wildman–Crippen LogP) is 3.69. The van der Waals surface area contributed by atoms with E-state index in [4.69, 9.17) is 4.74 Å². The van der Waals surface area contributed by atoms with Gasteiger partial charge in [-0.25, -0.2) is 0 Å². The summed E-state index contributed by atoms with van der Waals surface area (Å²) >= 11 is 0. The Bertz CT molecular complexity index is 727. The zero-order chi connectivity index (χ0) is 21.3. The van der Waals surface area contributed by atoms with Crippen LogP contribution in [0.25, 0.3) is 0 Å². The molecule has 1 saturated carbocycles. The topological polar surface area (TPSA) is 66.0 Å². The van der Waals surface area contributed by atoms with Gasteiger partial charge < -0.3 is 15.4 Å². The molecule has 0 aromatic heterocycles. The van der Waals surface area contributed by atoms with Gasteiger partial charge >= 0.3 is 0 Å². The Morgan fingerprint density at radius 1 is 1.26 bits per heavy atom. The number of methoxy groups -OCH3 is 1. The van der Waals surface area contributed by atoms with Crippen molar-refractivity contribution in [2.45, 2.75) is 62.8 Å². The molecule has 1 aliphatic heterocycles. The lowest BCUT2D eigenvalue weighted by Gasteiger charge is -2.32. The van der Waals surface area contributed by atoms with Crippen molar-refractivity contribution >= 4 is 40.7 Å². The second-order valence-electron chi connectivity index (χ2n) is 8.25. The van der Waals surface area contributed by atoms with Gasteiger partial charge in [0.15, 0.2) is 5.96 Å². The first kappa shape index (κ1) is 26.4. The molecule has 1 aliphatic carbocycles. The van der Waals surface area contributed by atoms with E-state index in [1.54, 1.807) is 7.11 Å². The molecular formula is C23H39IN4O2S. The molecule has 2 fully saturated rings. The quantitative estimate of drug-likeness (QED) is 0.288. The van der Waals surface area contributed by atoms with Crippen LogP contribution in [0.4, 0.5) is 0 Å². The molecule has 0 spiro atoms. The SMILES string of the molecule is CCS(=O)C1CCCC(NC(=NC)NCC(c2ccccc2OC)N2CCCC2)C1.I. The number of benzene rings is 1. The highest BCUT2D eigenvalue weighted by molar-refractivity contribution is 14.0. The van der Waals surface area contributed by atoms with E-state index >= 15 is 0 Å². The summed E-state index contributed by atoms with van der Waals surface area (Å²) in [6.45, 7) is 5.02. The Hall–Kier alpha value is -0.870. The van der Waals surface area contributed by atoms with E-state index in [9.17, 15) is 4.21 Å². The minimum Gasteiger partial charge on any atom is -0.496 e. The van der Waals surface area contributed by atoms with Crippen molar-refractivity contribution in [1.29, 1.82) is 0 Å². The number of para-hydroxylation sites is 1. The number of hydrogen-bond acceptors (Lipinski definition) is 4. The zero-order valence-electron chi connectivity index (χ0n) is 19.1. The molecule has 0 bridgehead atoms. The van der Waals surface area contributed by atoms with Crippen LogP contribution in [0.1, 0.15) is 57.1 Å². The van der Waals surface area contributed by atoms with Gasteiger partial charge in [-0.3, -0.25) is 14.1 Å². The van der Waals surface area contributed by atoms with Crippen LogP contribution in [0.2, 0.25) is 0 Å². The third-order valence-corrected chi connectivity index (χ3v) is 8.13. The third kappa shape index (κ3) is 7.32. The minimum absolute atomic E-state index is 0. The van der Waals surface area contributed by atoms with Crippen molar-refractivity contribution in [2.24, 2.45) is 4.99 Å². The highest BCUT2D eigenvalue weighted by Gasteiger charge is 2.28. The molecule has 2 N–H and O–H groups in total. The van der Waals surface area contributed by atoms with E-state index in [2.05, 4.69) is 32.7 Å². The first-order valence-corrected chi connectivity index (χ1v) is 12.8. The number of nitrogens with zero attached hydrogens (tertiary/aromatic N) is 2. The van der Waals surface area contributed by atoms with Crippen molar-refractivity contribution in [2.75, 3.05) is 39.5 Å². The summed E-state index contributed by atoms with van der Waals surface area (Å²) in [4.78, 5) is 7.02. The first-order valence-electron chi connectivity index (χ1n) is 11.4. The van der Waals surface area contributed by atoms with Crippen molar-refractivity contribution < 1.29 is 8.95 Å². The van der Waals surface area contributed by atoms with Gasteiger partial charge in [-0.1, -0.05) is 31.5 Å². The second-order valence-corrected chi connectivity index (χ2v) is 10.3. The monoisotopic (exact) mass is 562 g/mol. The zero-order valence-corrected chi connectivity index (χ0v) is 22.3. The molecule has 1 saturated heterocycles. The van der Waals surface area contributed by atoms with Crippen LogP contribution in [-0.4, -0.2) is 65.9 Å². The van der Waals surface area contributed by atoms with Crippen molar-refractivity contribution in [1.82, 2.24) is 15.5 Å². The number of hydrogen-bond donors (Lipinski definition) is 2. The molecular weight excluding hydrogens is 523 g/mol. The van der Waals surface area contributed by atoms with E-state index < -0.39 is 10.8 Å². The van der Waals surface area contributed by atoms with Crippen LogP contribution in [-0.2, 0) is 10.8 Å². The number of aliphatic imine (C=N–C) groups is 1. The molecule has 176 valence electrons. The molecule has 3 rings (SSSR count). The number of halogens is 1. The van der Waals surface area contributed by atoms with Gasteiger partial charge in [0.25, 0.3) is 0 Å². The number of likely N-dealkylation sites (tertiary alicyclic amines) is 1. The van der Waals surface area contributed by atoms with Gasteiger partial charge in [-0.2, -0.15) is 0 Å². The molecule has 4 atom stereocenters. The Morgan fingerprint density at radius 2 is 2.00 bits per heavy atom. The summed E-state index contributed by atoms with van der Waals surface area (Å²) in [7, 11) is 2.86. The molecule has 0 amide bonds. The van der Waals surface area contributed by atoms with Crippen molar-refractivity contribution in [3.63, 3.8) is 0 Å². The maximum atomic E-state index is 12.3. The number of nitrogens with one attached hydrogen (secondary N) is 2. The largest absolute Gasteiger partial charge is 0.496 e. The standard InChI is InChI=1S/C23H38N4O2S.HI/c1-4-30(28)19-11-9-10-18(16-19)26-23(24-2)25-17-21(27-14-7-8-15-27)20-12-5-6-13-22(20)29-3;/h5-6,12-13,18-19,21H,4,7-11,14-17H2,1-3H3,(H2,24,25,26);1H. The van der Waals surface area contributed by atoms with Crippen molar-refractivity contribution in [3.8, 4) is 5.75 Å². The molecule has 8 heteroatoms. The van der Waals surface area contributed by atoms with Gasteiger partial charge in [0.1, 0.15) is 5.75 Å². The summed E-state index contributed by atoms with van der Waals surface area (Å²) in [5, 5.41) is 7.47. The van der Waals surface area contributed by atoms with Gasteiger partial charge in [0.05, 0.1) is 13.2 Å². The molecule has 0 radical (unpaired) electrons. The van der Waals surface area contributed by atoms with E-state index in [-0.39, 0.29) is 30.0 Å². The summed E-state index contributed by atoms with van der Waals surface area (Å²) < 4.78 is 17.9. The van der Waals surface area contributed by atoms with E-state index in [1.165, 1.54) is 18.4 Å². The van der Waals surface area contributed by atoms with Gasteiger partial charge in [0.2, 0.25) is 0 Å². The number of rotatable bonds is 8. The minimum atomic E-state index is -0.713. The second kappa shape index (κ2) is 13.6. The highest BCUT2D eigenvalue weighted by Crippen LogP contribution is 2.31. The van der Waals surface area contributed by atoms with Crippen LogP contribution in [0.15, 0.2) is 29.3 Å². The number of guanidine groups is 1. The normalized spacial score (nSPS) is 24.2.